The minimum Gasteiger partial charge on any atom is -0.396 e. The molecule has 1 aromatic carbocycles. The number of nitrogens with one attached hydrogen (secondary N) is 1. The van der Waals surface area contributed by atoms with Gasteiger partial charge in [-0.3, -0.25) is 9.69 Å². The molecule has 1 amide bonds. The average molecular weight is 285 g/mol. The largest absolute Gasteiger partial charge is 0.396 e. The van der Waals surface area contributed by atoms with Crippen LogP contribution in [0.2, 0.25) is 0 Å². The van der Waals surface area contributed by atoms with Gasteiger partial charge in [0.25, 0.3) is 0 Å². The first-order valence-corrected chi connectivity index (χ1v) is 7.40. The van der Waals surface area contributed by atoms with Crippen molar-refractivity contribution in [1.29, 1.82) is 0 Å². The Morgan fingerprint density at radius 1 is 1.58 bits per heavy atom. The van der Waals surface area contributed by atoms with Crippen molar-refractivity contribution in [2.24, 2.45) is 0 Å². The summed E-state index contributed by atoms with van der Waals surface area (Å²) < 4.78 is 13.0. The van der Waals surface area contributed by atoms with E-state index < -0.39 is 5.82 Å². The van der Waals surface area contributed by atoms with Crippen LogP contribution in [0.4, 0.5) is 15.8 Å². The van der Waals surface area contributed by atoms with Gasteiger partial charge in [-0.25, -0.2) is 4.39 Å². The number of carbonyl (C=O) groups is 1. The lowest BCUT2D eigenvalue weighted by atomic mass is 10.2. The van der Waals surface area contributed by atoms with Gasteiger partial charge in [-0.15, -0.1) is 0 Å². The molecule has 0 radical (unpaired) electrons. The number of anilines is 2. The average Bonchev–Trinajstić information content (AvgIpc) is 2.39. The number of halogens is 1. The highest BCUT2D eigenvalue weighted by atomic mass is 32.2. The SMILES string of the molecule is CSCCN(C)C(C)C(=O)Nc1ccc(F)c(N)c1. The van der Waals surface area contributed by atoms with E-state index in [1.165, 1.54) is 18.2 Å². The van der Waals surface area contributed by atoms with Crippen molar-refractivity contribution in [3.8, 4) is 0 Å². The van der Waals surface area contributed by atoms with Crippen LogP contribution in [0.1, 0.15) is 6.92 Å². The maximum atomic E-state index is 13.0. The predicted molar refractivity (Wildman–Crippen MR) is 79.9 cm³/mol. The lowest BCUT2D eigenvalue weighted by molar-refractivity contribution is -0.120. The molecule has 1 unspecified atom stereocenters. The van der Waals surface area contributed by atoms with Gasteiger partial charge < -0.3 is 11.1 Å². The van der Waals surface area contributed by atoms with Crippen LogP contribution in [0, 0.1) is 5.82 Å². The van der Waals surface area contributed by atoms with Gasteiger partial charge in [0.1, 0.15) is 5.82 Å². The number of thioether (sulfide) groups is 1. The van der Waals surface area contributed by atoms with Crippen LogP contribution in [0.5, 0.6) is 0 Å². The molecular weight excluding hydrogens is 265 g/mol. The highest BCUT2D eigenvalue weighted by Gasteiger charge is 2.17. The third-order valence-electron chi connectivity index (χ3n) is 2.95. The summed E-state index contributed by atoms with van der Waals surface area (Å²) in [6.45, 7) is 2.67. The van der Waals surface area contributed by atoms with E-state index in [1.54, 1.807) is 11.8 Å². The van der Waals surface area contributed by atoms with E-state index in [9.17, 15) is 9.18 Å². The number of hydrogen-bond donors (Lipinski definition) is 2. The fourth-order valence-electron chi connectivity index (χ4n) is 1.50. The molecule has 0 saturated carbocycles. The molecule has 0 spiro atoms. The van der Waals surface area contributed by atoms with Gasteiger partial charge in [-0.1, -0.05) is 0 Å². The highest BCUT2D eigenvalue weighted by molar-refractivity contribution is 7.98. The molecule has 1 rings (SSSR count). The number of rotatable bonds is 6. The van der Waals surface area contributed by atoms with Crippen molar-refractivity contribution in [2.45, 2.75) is 13.0 Å². The Morgan fingerprint density at radius 2 is 2.26 bits per heavy atom. The molecule has 1 aromatic rings. The summed E-state index contributed by atoms with van der Waals surface area (Å²) in [6.07, 6.45) is 2.03. The maximum Gasteiger partial charge on any atom is 0.241 e. The first-order chi connectivity index (χ1) is 8.95. The van der Waals surface area contributed by atoms with Crippen LogP contribution >= 0.6 is 11.8 Å². The quantitative estimate of drug-likeness (QED) is 0.785. The molecular formula is C13H20FN3OS. The fourth-order valence-corrected chi connectivity index (χ4v) is 1.97. The summed E-state index contributed by atoms with van der Waals surface area (Å²) in [5.74, 6) is 0.357. The molecule has 0 saturated heterocycles. The number of nitrogens with zero attached hydrogens (tertiary/aromatic N) is 1. The molecule has 106 valence electrons. The second-order valence-corrected chi connectivity index (χ2v) is 5.36. The number of carbonyl (C=O) groups excluding carboxylic acids is 1. The van der Waals surface area contributed by atoms with Gasteiger partial charge in [0.15, 0.2) is 0 Å². The second-order valence-electron chi connectivity index (χ2n) is 4.37. The van der Waals surface area contributed by atoms with Crippen molar-refractivity contribution in [2.75, 3.05) is 36.7 Å². The number of hydrogen-bond acceptors (Lipinski definition) is 4. The molecule has 0 fully saturated rings. The molecule has 19 heavy (non-hydrogen) atoms. The molecule has 0 aliphatic rings. The second kappa shape index (κ2) is 7.35. The molecule has 6 heteroatoms. The molecule has 0 aromatic heterocycles. The lowest BCUT2D eigenvalue weighted by Gasteiger charge is -2.23. The van der Waals surface area contributed by atoms with Crippen molar-refractivity contribution < 1.29 is 9.18 Å². The van der Waals surface area contributed by atoms with E-state index in [2.05, 4.69) is 5.32 Å². The minimum atomic E-state index is -0.483. The molecule has 3 N–H and O–H groups in total. The van der Waals surface area contributed by atoms with Gasteiger partial charge in [-0.2, -0.15) is 11.8 Å². The van der Waals surface area contributed by atoms with Crippen LogP contribution in [-0.4, -0.2) is 42.4 Å². The van der Waals surface area contributed by atoms with Gasteiger partial charge in [-0.05, 0) is 38.4 Å². The van der Waals surface area contributed by atoms with Gasteiger partial charge in [0.05, 0.1) is 11.7 Å². The number of likely N-dealkylation sites (N-methyl/N-ethyl adjacent to an activating group) is 1. The van der Waals surface area contributed by atoms with E-state index in [1.807, 2.05) is 25.1 Å². The van der Waals surface area contributed by atoms with E-state index in [0.717, 1.165) is 12.3 Å². The molecule has 4 nitrogen and oxygen atoms in total. The van der Waals surface area contributed by atoms with Gasteiger partial charge in [0.2, 0.25) is 5.91 Å². The number of benzene rings is 1. The summed E-state index contributed by atoms with van der Waals surface area (Å²) >= 11 is 1.74. The molecule has 1 atom stereocenters. The minimum absolute atomic E-state index is 0.0289. The van der Waals surface area contributed by atoms with E-state index >= 15 is 0 Å². The summed E-state index contributed by atoms with van der Waals surface area (Å²) in [6, 6.07) is 3.91. The summed E-state index contributed by atoms with van der Waals surface area (Å²) in [5, 5.41) is 2.73. The first-order valence-electron chi connectivity index (χ1n) is 6.00. The van der Waals surface area contributed by atoms with Gasteiger partial charge in [0, 0.05) is 18.0 Å². The number of amides is 1. The zero-order valence-corrected chi connectivity index (χ0v) is 12.3. The molecule has 0 aliphatic heterocycles. The van der Waals surface area contributed by atoms with Crippen LogP contribution in [0.3, 0.4) is 0 Å². The van der Waals surface area contributed by atoms with Gasteiger partial charge >= 0.3 is 0 Å². The zero-order chi connectivity index (χ0) is 14.4. The van der Waals surface area contributed by atoms with Crippen molar-refractivity contribution in [3.05, 3.63) is 24.0 Å². The highest BCUT2D eigenvalue weighted by Crippen LogP contribution is 2.16. The van der Waals surface area contributed by atoms with Crippen LogP contribution in [0.15, 0.2) is 18.2 Å². The summed E-state index contributed by atoms with van der Waals surface area (Å²) in [7, 11) is 1.90. The van der Waals surface area contributed by atoms with Crippen LogP contribution < -0.4 is 11.1 Å². The predicted octanol–water partition coefficient (Wildman–Crippen LogP) is 2.03. The molecule has 0 heterocycles. The Hall–Kier alpha value is -1.27. The Labute approximate surface area is 117 Å². The third kappa shape index (κ3) is 4.72. The fraction of sp³-hybridized carbons (Fsp3) is 0.462. The topological polar surface area (TPSA) is 58.4 Å². The smallest absolute Gasteiger partial charge is 0.241 e. The maximum absolute atomic E-state index is 13.0. The Bertz CT molecular complexity index is 442. The third-order valence-corrected chi connectivity index (χ3v) is 3.54. The van der Waals surface area contributed by atoms with Crippen LogP contribution in [-0.2, 0) is 4.79 Å². The molecule has 0 aliphatic carbocycles. The first kappa shape index (κ1) is 15.8. The standard InChI is InChI=1S/C13H20FN3OS/c1-9(17(2)6-7-19-3)13(18)16-10-4-5-11(14)12(15)8-10/h4-5,8-9H,6-7,15H2,1-3H3,(H,16,18). The van der Waals surface area contributed by atoms with E-state index in [0.29, 0.717) is 5.69 Å². The molecule has 0 bridgehead atoms. The van der Waals surface area contributed by atoms with E-state index in [4.69, 9.17) is 5.73 Å². The number of nitrogens with two attached hydrogens (primary N) is 1. The Morgan fingerprint density at radius 3 is 2.84 bits per heavy atom. The van der Waals surface area contributed by atoms with E-state index in [-0.39, 0.29) is 17.6 Å². The van der Waals surface area contributed by atoms with Crippen LogP contribution in [0.25, 0.3) is 0 Å². The Balaban J connectivity index is 2.60. The van der Waals surface area contributed by atoms with Crippen molar-refractivity contribution in [1.82, 2.24) is 4.90 Å². The van der Waals surface area contributed by atoms with Crippen molar-refractivity contribution >= 4 is 29.0 Å². The summed E-state index contributed by atoms with van der Waals surface area (Å²) in [4.78, 5) is 14.0. The monoisotopic (exact) mass is 285 g/mol. The normalized spacial score (nSPS) is 12.5. The zero-order valence-electron chi connectivity index (χ0n) is 11.4. The Kier molecular flexibility index (Phi) is 6.11. The summed E-state index contributed by atoms with van der Waals surface area (Å²) in [5.41, 5.74) is 6.00. The van der Waals surface area contributed by atoms with Crippen molar-refractivity contribution in [3.63, 3.8) is 0 Å². The lowest BCUT2D eigenvalue weighted by Crippen LogP contribution is -2.40. The number of nitrogen functional groups attached to an aromatic ring is 1.